The number of rotatable bonds is 4. The summed E-state index contributed by atoms with van der Waals surface area (Å²) < 4.78 is 0. The monoisotopic (exact) mass is 192 g/mol. The maximum absolute atomic E-state index is 3.71. The predicted octanol–water partition coefficient (Wildman–Crippen LogP) is 4.09. The molecule has 0 spiro atoms. The molecule has 1 aromatic carbocycles. The molecule has 1 rings (SSSR count). The van der Waals surface area contributed by atoms with Crippen LogP contribution in [-0.2, 0) is 0 Å². The highest BCUT2D eigenvalue weighted by Gasteiger charge is 1.99. The molecule has 0 radical (unpaired) electrons. The lowest BCUT2D eigenvalue weighted by molar-refractivity contribution is 0.862. The van der Waals surface area contributed by atoms with Crippen LogP contribution in [0.2, 0.25) is 0 Å². The SMILES string of the molecule is C=CCSc1cccc(C(C)C)c1. The molecule has 0 aliphatic heterocycles. The van der Waals surface area contributed by atoms with Crippen molar-refractivity contribution in [3.8, 4) is 0 Å². The van der Waals surface area contributed by atoms with E-state index in [-0.39, 0.29) is 0 Å². The Bertz CT molecular complexity index is 276. The van der Waals surface area contributed by atoms with Crippen LogP contribution < -0.4 is 0 Å². The van der Waals surface area contributed by atoms with Gasteiger partial charge in [0.15, 0.2) is 0 Å². The molecule has 0 fully saturated rings. The van der Waals surface area contributed by atoms with Gasteiger partial charge in [-0.05, 0) is 23.6 Å². The van der Waals surface area contributed by atoms with Crippen LogP contribution in [0.1, 0.15) is 25.3 Å². The van der Waals surface area contributed by atoms with E-state index in [0.717, 1.165) is 5.75 Å². The second-order valence-corrected chi connectivity index (χ2v) is 4.42. The average Bonchev–Trinajstić information content (AvgIpc) is 2.15. The van der Waals surface area contributed by atoms with Crippen LogP contribution in [-0.4, -0.2) is 5.75 Å². The van der Waals surface area contributed by atoms with Crippen molar-refractivity contribution in [2.24, 2.45) is 0 Å². The van der Waals surface area contributed by atoms with Crippen molar-refractivity contribution in [2.75, 3.05) is 5.75 Å². The second kappa shape index (κ2) is 5.13. The van der Waals surface area contributed by atoms with Crippen molar-refractivity contribution in [3.05, 3.63) is 42.5 Å². The first-order valence-corrected chi connectivity index (χ1v) is 5.56. The predicted molar refractivity (Wildman–Crippen MR) is 61.5 cm³/mol. The molecule has 0 amide bonds. The molecule has 0 aliphatic carbocycles. The first kappa shape index (κ1) is 10.4. The summed E-state index contributed by atoms with van der Waals surface area (Å²) in [7, 11) is 0. The highest BCUT2D eigenvalue weighted by Crippen LogP contribution is 2.22. The summed E-state index contributed by atoms with van der Waals surface area (Å²) in [6.45, 7) is 8.15. The summed E-state index contributed by atoms with van der Waals surface area (Å²) in [5.41, 5.74) is 1.41. The second-order valence-electron chi connectivity index (χ2n) is 3.33. The summed E-state index contributed by atoms with van der Waals surface area (Å²) in [5, 5.41) is 0. The van der Waals surface area contributed by atoms with Gasteiger partial charge in [0.1, 0.15) is 0 Å². The van der Waals surface area contributed by atoms with Gasteiger partial charge in [0.05, 0.1) is 0 Å². The van der Waals surface area contributed by atoms with Gasteiger partial charge in [-0.3, -0.25) is 0 Å². The first-order valence-electron chi connectivity index (χ1n) is 4.57. The minimum Gasteiger partial charge on any atom is -0.122 e. The van der Waals surface area contributed by atoms with Crippen LogP contribution in [0, 0.1) is 0 Å². The van der Waals surface area contributed by atoms with E-state index in [1.807, 2.05) is 17.8 Å². The molecular weight excluding hydrogens is 176 g/mol. The summed E-state index contributed by atoms with van der Waals surface area (Å²) >= 11 is 1.83. The van der Waals surface area contributed by atoms with E-state index in [4.69, 9.17) is 0 Å². The Morgan fingerprint density at radius 1 is 1.46 bits per heavy atom. The zero-order valence-electron chi connectivity index (χ0n) is 8.29. The van der Waals surface area contributed by atoms with Crippen LogP contribution in [0.25, 0.3) is 0 Å². The lowest BCUT2D eigenvalue weighted by Crippen LogP contribution is -1.86. The summed E-state index contributed by atoms with van der Waals surface area (Å²) in [6, 6.07) is 8.72. The Kier molecular flexibility index (Phi) is 4.10. The zero-order valence-corrected chi connectivity index (χ0v) is 9.10. The third kappa shape index (κ3) is 3.27. The van der Waals surface area contributed by atoms with Crippen molar-refractivity contribution in [1.82, 2.24) is 0 Å². The lowest BCUT2D eigenvalue weighted by atomic mass is 10.0. The molecule has 70 valence electrons. The molecule has 0 saturated carbocycles. The van der Waals surface area contributed by atoms with E-state index < -0.39 is 0 Å². The summed E-state index contributed by atoms with van der Waals surface area (Å²) in [5.74, 6) is 1.60. The maximum atomic E-state index is 3.71. The van der Waals surface area contributed by atoms with Gasteiger partial charge in [0.25, 0.3) is 0 Å². The highest BCUT2D eigenvalue weighted by atomic mass is 32.2. The molecule has 0 N–H and O–H groups in total. The van der Waals surface area contributed by atoms with Crippen LogP contribution in [0.3, 0.4) is 0 Å². The number of thioether (sulfide) groups is 1. The molecule has 13 heavy (non-hydrogen) atoms. The van der Waals surface area contributed by atoms with Crippen LogP contribution in [0.15, 0.2) is 41.8 Å². The molecule has 0 bridgehead atoms. The van der Waals surface area contributed by atoms with Gasteiger partial charge in [-0.1, -0.05) is 32.1 Å². The van der Waals surface area contributed by atoms with Crippen molar-refractivity contribution in [1.29, 1.82) is 0 Å². The smallest absolute Gasteiger partial charge is 0.0158 e. The molecule has 0 aliphatic rings. The van der Waals surface area contributed by atoms with Crippen molar-refractivity contribution in [2.45, 2.75) is 24.7 Å². The molecule has 0 heterocycles. The molecule has 1 aromatic rings. The van der Waals surface area contributed by atoms with Gasteiger partial charge >= 0.3 is 0 Å². The van der Waals surface area contributed by atoms with Crippen LogP contribution in [0.5, 0.6) is 0 Å². The maximum Gasteiger partial charge on any atom is 0.0158 e. The standard InChI is InChI=1S/C12H16S/c1-4-8-13-12-7-5-6-11(9-12)10(2)3/h4-7,9-10H,1,8H2,2-3H3. The minimum atomic E-state index is 0.615. The van der Waals surface area contributed by atoms with Gasteiger partial charge in [-0.25, -0.2) is 0 Å². The van der Waals surface area contributed by atoms with Crippen molar-refractivity contribution >= 4 is 11.8 Å². The molecule has 0 nitrogen and oxygen atoms in total. The molecule has 0 atom stereocenters. The average molecular weight is 192 g/mol. The van der Waals surface area contributed by atoms with Gasteiger partial charge in [0, 0.05) is 10.6 Å². The van der Waals surface area contributed by atoms with E-state index in [0.29, 0.717) is 5.92 Å². The molecule has 1 heteroatoms. The van der Waals surface area contributed by atoms with Crippen molar-refractivity contribution < 1.29 is 0 Å². The first-order chi connectivity index (χ1) is 6.24. The van der Waals surface area contributed by atoms with E-state index in [9.17, 15) is 0 Å². The van der Waals surface area contributed by atoms with Gasteiger partial charge in [-0.15, -0.1) is 18.3 Å². The third-order valence-corrected chi connectivity index (χ3v) is 2.88. The number of hydrogen-bond acceptors (Lipinski definition) is 1. The Labute approximate surface area is 85.1 Å². The fourth-order valence-electron chi connectivity index (χ4n) is 1.12. The zero-order chi connectivity index (χ0) is 9.68. The lowest BCUT2D eigenvalue weighted by Gasteiger charge is -2.06. The summed E-state index contributed by atoms with van der Waals surface area (Å²) in [4.78, 5) is 1.34. The quantitative estimate of drug-likeness (QED) is 0.511. The fourth-order valence-corrected chi connectivity index (χ4v) is 1.82. The normalized spacial score (nSPS) is 10.4. The molecular formula is C12H16S. The van der Waals surface area contributed by atoms with Gasteiger partial charge in [-0.2, -0.15) is 0 Å². The fraction of sp³-hybridized carbons (Fsp3) is 0.333. The van der Waals surface area contributed by atoms with E-state index in [2.05, 4.69) is 44.7 Å². The van der Waals surface area contributed by atoms with E-state index in [1.165, 1.54) is 10.5 Å². The summed E-state index contributed by atoms with van der Waals surface area (Å²) in [6.07, 6.45) is 1.94. The Balaban J connectivity index is 2.73. The third-order valence-electron chi connectivity index (χ3n) is 1.89. The van der Waals surface area contributed by atoms with E-state index in [1.54, 1.807) is 0 Å². The largest absolute Gasteiger partial charge is 0.122 e. The van der Waals surface area contributed by atoms with Crippen LogP contribution >= 0.6 is 11.8 Å². The molecule has 0 unspecified atom stereocenters. The number of benzene rings is 1. The topological polar surface area (TPSA) is 0 Å². The van der Waals surface area contributed by atoms with Crippen molar-refractivity contribution in [3.63, 3.8) is 0 Å². The van der Waals surface area contributed by atoms with Crippen LogP contribution in [0.4, 0.5) is 0 Å². The minimum absolute atomic E-state index is 0.615. The highest BCUT2D eigenvalue weighted by molar-refractivity contribution is 7.99. The molecule has 0 aromatic heterocycles. The number of hydrogen-bond donors (Lipinski definition) is 0. The van der Waals surface area contributed by atoms with Gasteiger partial charge < -0.3 is 0 Å². The Morgan fingerprint density at radius 3 is 2.85 bits per heavy atom. The Hall–Kier alpha value is -0.690. The Morgan fingerprint density at radius 2 is 2.23 bits per heavy atom. The van der Waals surface area contributed by atoms with E-state index >= 15 is 0 Å². The van der Waals surface area contributed by atoms with Gasteiger partial charge in [0.2, 0.25) is 0 Å². The molecule has 0 saturated heterocycles.